The van der Waals surface area contributed by atoms with Gasteiger partial charge in [-0.1, -0.05) is 48.5 Å². The van der Waals surface area contributed by atoms with Gasteiger partial charge >= 0.3 is 0 Å². The molecule has 2 aromatic carbocycles. The lowest BCUT2D eigenvalue weighted by Crippen LogP contribution is -2.30. The third-order valence-electron chi connectivity index (χ3n) is 4.55. The summed E-state index contributed by atoms with van der Waals surface area (Å²) in [5, 5.41) is 3.22. The van der Waals surface area contributed by atoms with E-state index in [0.29, 0.717) is 37.2 Å². The van der Waals surface area contributed by atoms with Crippen LogP contribution in [0.15, 0.2) is 73.1 Å². The summed E-state index contributed by atoms with van der Waals surface area (Å²) >= 11 is 0. The Kier molecular flexibility index (Phi) is 6.73. The van der Waals surface area contributed by atoms with Gasteiger partial charge < -0.3 is 10.2 Å². The first-order chi connectivity index (χ1) is 13.7. The molecule has 144 valence electrons. The molecular weight excluding hydrogens is 353 g/mol. The van der Waals surface area contributed by atoms with E-state index in [9.17, 15) is 9.18 Å². The van der Waals surface area contributed by atoms with Crippen LogP contribution < -0.4 is 5.32 Å². The van der Waals surface area contributed by atoms with Gasteiger partial charge in [-0.15, -0.1) is 0 Å². The zero-order valence-electron chi connectivity index (χ0n) is 15.9. The van der Waals surface area contributed by atoms with E-state index in [4.69, 9.17) is 0 Å². The number of carbonyl (C=O) groups excluding carboxylic acids is 1. The molecule has 0 saturated carbocycles. The standard InChI is InChI=1S/C23H24FN3O/c1-2-27(17-18-8-4-3-5-9-18)23(28)20-14-21(16-25-15-20)26-13-12-19-10-6-7-11-22(19)24/h3-11,14-16,26H,2,12-13,17H2,1H3. The van der Waals surface area contributed by atoms with Gasteiger partial charge in [0.2, 0.25) is 0 Å². The molecule has 0 aliphatic rings. The van der Waals surface area contributed by atoms with Crippen LogP contribution in [-0.2, 0) is 13.0 Å². The second-order valence-corrected chi connectivity index (χ2v) is 6.54. The first kappa shape index (κ1) is 19.5. The van der Waals surface area contributed by atoms with Crippen molar-refractivity contribution < 1.29 is 9.18 Å². The summed E-state index contributed by atoms with van der Waals surface area (Å²) in [6.07, 6.45) is 3.81. The number of nitrogens with one attached hydrogen (secondary N) is 1. The minimum Gasteiger partial charge on any atom is -0.383 e. The van der Waals surface area contributed by atoms with Crippen molar-refractivity contribution in [1.29, 1.82) is 0 Å². The Labute approximate surface area is 165 Å². The van der Waals surface area contributed by atoms with Crippen molar-refractivity contribution in [2.45, 2.75) is 19.9 Å². The van der Waals surface area contributed by atoms with Crippen molar-refractivity contribution in [3.8, 4) is 0 Å². The molecule has 3 rings (SSSR count). The number of amides is 1. The lowest BCUT2D eigenvalue weighted by Gasteiger charge is -2.21. The highest BCUT2D eigenvalue weighted by atomic mass is 19.1. The number of carbonyl (C=O) groups is 1. The van der Waals surface area contributed by atoms with Crippen molar-refractivity contribution in [3.05, 3.63) is 95.6 Å². The molecule has 1 heterocycles. The molecule has 1 amide bonds. The molecule has 0 aliphatic heterocycles. The van der Waals surface area contributed by atoms with E-state index in [-0.39, 0.29) is 11.7 Å². The van der Waals surface area contributed by atoms with Gasteiger partial charge in [0.25, 0.3) is 5.91 Å². The van der Waals surface area contributed by atoms with Gasteiger partial charge in [0.15, 0.2) is 0 Å². The van der Waals surface area contributed by atoms with Crippen LogP contribution in [0.25, 0.3) is 0 Å². The minimum absolute atomic E-state index is 0.0587. The number of nitrogens with zero attached hydrogens (tertiary/aromatic N) is 2. The van der Waals surface area contributed by atoms with Crippen LogP contribution in [0.5, 0.6) is 0 Å². The number of rotatable bonds is 8. The van der Waals surface area contributed by atoms with E-state index >= 15 is 0 Å². The molecule has 5 heteroatoms. The summed E-state index contributed by atoms with van der Waals surface area (Å²) in [6, 6.07) is 18.5. The predicted octanol–water partition coefficient (Wildman–Crippen LogP) is 4.54. The highest BCUT2D eigenvalue weighted by Crippen LogP contribution is 2.14. The first-order valence-corrected chi connectivity index (χ1v) is 9.43. The molecule has 1 N–H and O–H groups in total. The molecule has 0 saturated heterocycles. The van der Waals surface area contributed by atoms with Crippen LogP contribution in [0.4, 0.5) is 10.1 Å². The summed E-state index contributed by atoms with van der Waals surface area (Å²) in [4.78, 5) is 18.9. The van der Waals surface area contributed by atoms with E-state index in [1.807, 2.05) is 43.3 Å². The Morgan fingerprint density at radius 2 is 1.82 bits per heavy atom. The van der Waals surface area contributed by atoms with Gasteiger partial charge in [-0.25, -0.2) is 4.39 Å². The van der Waals surface area contributed by atoms with Crippen LogP contribution >= 0.6 is 0 Å². The molecule has 0 radical (unpaired) electrons. The zero-order chi connectivity index (χ0) is 19.8. The van der Waals surface area contributed by atoms with Gasteiger partial charge in [-0.3, -0.25) is 9.78 Å². The number of pyridine rings is 1. The smallest absolute Gasteiger partial charge is 0.255 e. The Morgan fingerprint density at radius 3 is 2.57 bits per heavy atom. The molecule has 0 bridgehead atoms. The molecule has 4 nitrogen and oxygen atoms in total. The number of hydrogen-bond acceptors (Lipinski definition) is 3. The summed E-state index contributed by atoms with van der Waals surface area (Å²) in [7, 11) is 0. The number of aromatic nitrogens is 1. The molecule has 0 aliphatic carbocycles. The van der Waals surface area contributed by atoms with Crippen molar-refractivity contribution in [3.63, 3.8) is 0 Å². The highest BCUT2D eigenvalue weighted by Gasteiger charge is 2.15. The van der Waals surface area contributed by atoms with Crippen LogP contribution in [0.3, 0.4) is 0 Å². The molecule has 1 aromatic heterocycles. The first-order valence-electron chi connectivity index (χ1n) is 9.43. The van der Waals surface area contributed by atoms with Crippen LogP contribution in [0, 0.1) is 5.82 Å². The van der Waals surface area contributed by atoms with Gasteiger partial charge in [-0.05, 0) is 36.6 Å². The summed E-state index contributed by atoms with van der Waals surface area (Å²) in [5.41, 5.74) is 3.03. The summed E-state index contributed by atoms with van der Waals surface area (Å²) in [6.45, 7) is 3.69. The third kappa shape index (κ3) is 5.16. The molecule has 0 fully saturated rings. The number of halogens is 1. The molecule has 3 aromatic rings. The average molecular weight is 377 g/mol. The minimum atomic E-state index is -0.203. The lowest BCUT2D eigenvalue weighted by atomic mass is 10.1. The number of hydrogen-bond donors (Lipinski definition) is 1. The normalized spacial score (nSPS) is 10.5. The van der Waals surface area contributed by atoms with Crippen LogP contribution in [0.2, 0.25) is 0 Å². The quantitative estimate of drug-likeness (QED) is 0.627. The molecule has 0 spiro atoms. The monoisotopic (exact) mass is 377 g/mol. The third-order valence-corrected chi connectivity index (χ3v) is 4.55. The van der Waals surface area contributed by atoms with Crippen molar-refractivity contribution in [2.75, 3.05) is 18.4 Å². The van der Waals surface area contributed by atoms with Crippen molar-refractivity contribution >= 4 is 11.6 Å². The van der Waals surface area contributed by atoms with Crippen LogP contribution in [-0.4, -0.2) is 28.9 Å². The second-order valence-electron chi connectivity index (χ2n) is 6.54. The maximum absolute atomic E-state index is 13.7. The van der Waals surface area contributed by atoms with E-state index in [0.717, 1.165) is 11.3 Å². The fourth-order valence-corrected chi connectivity index (χ4v) is 3.01. The van der Waals surface area contributed by atoms with Gasteiger partial charge in [0, 0.05) is 32.0 Å². The van der Waals surface area contributed by atoms with Gasteiger partial charge in [0.1, 0.15) is 5.82 Å². The predicted molar refractivity (Wildman–Crippen MR) is 110 cm³/mol. The van der Waals surface area contributed by atoms with Crippen LogP contribution in [0.1, 0.15) is 28.4 Å². The van der Waals surface area contributed by atoms with Gasteiger partial charge in [0.05, 0.1) is 11.3 Å². The summed E-state index contributed by atoms with van der Waals surface area (Å²) < 4.78 is 13.7. The maximum atomic E-state index is 13.7. The van der Waals surface area contributed by atoms with Gasteiger partial charge in [-0.2, -0.15) is 0 Å². The topological polar surface area (TPSA) is 45.2 Å². The fourth-order valence-electron chi connectivity index (χ4n) is 3.01. The average Bonchev–Trinajstić information content (AvgIpc) is 2.74. The maximum Gasteiger partial charge on any atom is 0.255 e. The van der Waals surface area contributed by atoms with Crippen molar-refractivity contribution in [1.82, 2.24) is 9.88 Å². The lowest BCUT2D eigenvalue weighted by molar-refractivity contribution is 0.0752. The Bertz CT molecular complexity index is 914. The SMILES string of the molecule is CCN(Cc1ccccc1)C(=O)c1cncc(NCCc2ccccc2F)c1. The van der Waals surface area contributed by atoms with E-state index in [1.54, 1.807) is 35.5 Å². The fraction of sp³-hybridized carbons (Fsp3) is 0.217. The molecular formula is C23H24FN3O. The van der Waals surface area contributed by atoms with E-state index in [2.05, 4.69) is 10.3 Å². The molecule has 0 atom stereocenters. The summed E-state index contributed by atoms with van der Waals surface area (Å²) in [5.74, 6) is -0.262. The highest BCUT2D eigenvalue weighted by molar-refractivity contribution is 5.94. The van der Waals surface area contributed by atoms with Crippen molar-refractivity contribution in [2.24, 2.45) is 0 Å². The zero-order valence-corrected chi connectivity index (χ0v) is 15.9. The molecule has 0 unspecified atom stereocenters. The van der Waals surface area contributed by atoms with E-state index in [1.165, 1.54) is 6.07 Å². The van der Waals surface area contributed by atoms with E-state index < -0.39 is 0 Å². The molecule has 28 heavy (non-hydrogen) atoms. The number of anilines is 1. The Hall–Kier alpha value is -3.21. The Balaban J connectivity index is 1.62. The largest absolute Gasteiger partial charge is 0.383 e. The second kappa shape index (κ2) is 9.65. The number of benzene rings is 2. The Morgan fingerprint density at radius 1 is 1.07 bits per heavy atom.